The molecule has 2 aromatic heterocycles. The van der Waals surface area contributed by atoms with Crippen LogP contribution in [0.3, 0.4) is 0 Å². The Morgan fingerprint density at radius 2 is 2.00 bits per heavy atom. The van der Waals surface area contributed by atoms with Crippen LogP contribution in [0.2, 0.25) is 0 Å². The van der Waals surface area contributed by atoms with Gasteiger partial charge in [-0.1, -0.05) is 0 Å². The molecule has 0 aliphatic rings. The Morgan fingerprint density at radius 1 is 1.23 bits per heavy atom. The number of nitrogens with zero attached hydrogens (tertiary/aromatic N) is 2. The van der Waals surface area contributed by atoms with Crippen LogP contribution in [0.1, 0.15) is 27.4 Å². The molecule has 22 heavy (non-hydrogen) atoms. The molecule has 3 rings (SSSR count). The Labute approximate surface area is 130 Å². The van der Waals surface area contributed by atoms with Gasteiger partial charge in [0.15, 0.2) is 17.9 Å². The molecule has 0 spiro atoms. The quantitative estimate of drug-likeness (QED) is 0.497. The number of aromatic nitrogens is 3. The molecule has 1 aromatic carbocycles. The lowest BCUT2D eigenvalue weighted by molar-refractivity contribution is 0.109. The third kappa shape index (κ3) is 3.01. The monoisotopic (exact) mass is 318 g/mol. The van der Waals surface area contributed by atoms with Gasteiger partial charge in [-0.05, 0) is 36.4 Å². The fraction of sp³-hybridized carbons (Fsp3) is 0.0714. The molecule has 1 atom stereocenters. The van der Waals surface area contributed by atoms with Crippen LogP contribution in [0.15, 0.2) is 40.8 Å². The van der Waals surface area contributed by atoms with Gasteiger partial charge >= 0.3 is 0 Å². The van der Waals surface area contributed by atoms with Gasteiger partial charge in [0.1, 0.15) is 16.8 Å². The largest absolute Gasteiger partial charge is 0.457 e. The van der Waals surface area contributed by atoms with E-state index in [1.54, 1.807) is 24.3 Å². The van der Waals surface area contributed by atoms with Crippen LogP contribution in [-0.2, 0) is 0 Å². The zero-order valence-electron chi connectivity index (χ0n) is 11.2. The highest BCUT2D eigenvalue weighted by atomic mass is 32.1. The molecule has 0 radical (unpaired) electrons. The summed E-state index contributed by atoms with van der Waals surface area (Å²) in [5.74, 6) is 1.23. The number of benzene rings is 1. The van der Waals surface area contributed by atoms with E-state index in [-0.39, 0.29) is 11.6 Å². The number of carbonyl (C=O) groups excluding carboxylic acids is 1. The lowest BCUT2D eigenvalue weighted by atomic mass is 10.3. The molecule has 0 aliphatic heterocycles. The van der Waals surface area contributed by atoms with E-state index in [9.17, 15) is 9.18 Å². The molecule has 112 valence electrons. The predicted octanol–water partition coefficient (Wildman–Crippen LogP) is 3.11. The number of halogens is 1. The minimum absolute atomic E-state index is 0.221. The highest BCUT2D eigenvalue weighted by Gasteiger charge is 2.18. The Morgan fingerprint density at radius 3 is 2.68 bits per heavy atom. The Balaban J connectivity index is 1.75. The first-order chi connectivity index (χ1) is 10.7. The van der Waals surface area contributed by atoms with E-state index >= 15 is 0 Å². The van der Waals surface area contributed by atoms with Crippen molar-refractivity contribution in [3.63, 3.8) is 0 Å². The molecule has 6 nitrogen and oxygen atoms in total. The maximum atomic E-state index is 12.8. The molecule has 8 heteroatoms. The average Bonchev–Trinajstić information content (AvgIpc) is 3.18. The van der Waals surface area contributed by atoms with Gasteiger partial charge < -0.3 is 14.7 Å². The van der Waals surface area contributed by atoms with Crippen LogP contribution >= 0.6 is 12.6 Å². The topological polar surface area (TPSA) is 83.8 Å². The van der Waals surface area contributed by atoms with Crippen molar-refractivity contribution in [3.8, 4) is 0 Å². The number of rotatable bonds is 5. The zero-order chi connectivity index (χ0) is 15.5. The summed E-state index contributed by atoms with van der Waals surface area (Å²) in [5, 5.41) is 10.4. The molecule has 2 heterocycles. The van der Waals surface area contributed by atoms with E-state index in [1.807, 2.05) is 0 Å². The first-order valence-corrected chi connectivity index (χ1v) is 6.85. The minimum atomic E-state index is -0.482. The maximum absolute atomic E-state index is 12.8. The fourth-order valence-corrected chi connectivity index (χ4v) is 2.09. The number of thiol groups is 1. The molecular weight excluding hydrogens is 307 g/mol. The van der Waals surface area contributed by atoms with Gasteiger partial charge in [0.25, 0.3) is 0 Å². The molecule has 0 aliphatic carbocycles. The van der Waals surface area contributed by atoms with Crippen molar-refractivity contribution >= 4 is 30.6 Å². The molecule has 0 bridgehead atoms. The summed E-state index contributed by atoms with van der Waals surface area (Å²) >= 11 is 4.39. The molecule has 0 fully saturated rings. The first kappa shape index (κ1) is 14.3. The van der Waals surface area contributed by atoms with E-state index < -0.39 is 5.25 Å². The van der Waals surface area contributed by atoms with Crippen LogP contribution < -0.4 is 5.32 Å². The molecular formula is C14H11FN4O2S. The molecule has 3 aromatic rings. The van der Waals surface area contributed by atoms with Gasteiger partial charge in [0, 0.05) is 5.69 Å². The van der Waals surface area contributed by atoms with Crippen LogP contribution in [0.25, 0.3) is 0 Å². The normalized spacial score (nSPS) is 12.1. The smallest absolute Gasteiger partial charge is 0.226 e. The number of nitrogens with one attached hydrogen (secondary N) is 2. The third-order valence-corrected chi connectivity index (χ3v) is 3.40. The summed E-state index contributed by atoms with van der Waals surface area (Å²) < 4.78 is 18.1. The fourth-order valence-electron chi connectivity index (χ4n) is 1.84. The standard InChI is InChI=1S/C14H11FN4O2S/c15-8-1-3-9(4-2-8)16-14-17-13(18-19-14)12(22)11-6-5-10(7-20)21-11/h1-7,12,22H,(H2,16,17,18,19). The van der Waals surface area contributed by atoms with Gasteiger partial charge in [0.2, 0.25) is 5.95 Å². The summed E-state index contributed by atoms with van der Waals surface area (Å²) in [6.07, 6.45) is 0.617. The Bertz CT molecular complexity index is 784. The van der Waals surface area contributed by atoms with E-state index in [1.165, 1.54) is 12.1 Å². The molecule has 1 unspecified atom stereocenters. The van der Waals surface area contributed by atoms with Gasteiger partial charge in [-0.15, -0.1) is 10.2 Å². The highest BCUT2D eigenvalue weighted by molar-refractivity contribution is 7.80. The Kier molecular flexibility index (Phi) is 3.92. The number of aldehydes is 1. The number of furan rings is 1. The Hall–Kier alpha value is -2.61. The molecule has 0 saturated heterocycles. The van der Waals surface area contributed by atoms with Crippen molar-refractivity contribution in [2.75, 3.05) is 5.32 Å². The first-order valence-electron chi connectivity index (χ1n) is 6.34. The van der Waals surface area contributed by atoms with E-state index in [0.29, 0.717) is 29.5 Å². The molecule has 0 saturated carbocycles. The number of aromatic amines is 1. The average molecular weight is 318 g/mol. The van der Waals surface area contributed by atoms with Gasteiger partial charge in [-0.3, -0.25) is 4.79 Å². The summed E-state index contributed by atoms with van der Waals surface area (Å²) in [5.41, 5.74) is 0.668. The zero-order valence-corrected chi connectivity index (χ0v) is 12.0. The number of hydrogen-bond donors (Lipinski definition) is 3. The lowest BCUT2D eigenvalue weighted by Crippen LogP contribution is -1.95. The second kappa shape index (κ2) is 6.02. The summed E-state index contributed by atoms with van der Waals surface area (Å²) in [6.45, 7) is 0. The van der Waals surface area contributed by atoms with Crippen molar-refractivity contribution in [2.24, 2.45) is 0 Å². The van der Waals surface area contributed by atoms with E-state index in [2.05, 4.69) is 33.1 Å². The van der Waals surface area contributed by atoms with Gasteiger partial charge in [-0.25, -0.2) is 4.39 Å². The van der Waals surface area contributed by atoms with E-state index in [4.69, 9.17) is 4.42 Å². The summed E-state index contributed by atoms with van der Waals surface area (Å²) in [7, 11) is 0. The lowest BCUT2D eigenvalue weighted by Gasteiger charge is -2.03. The maximum Gasteiger partial charge on any atom is 0.226 e. The van der Waals surface area contributed by atoms with Crippen LogP contribution in [0.5, 0.6) is 0 Å². The number of H-pyrrole nitrogens is 1. The van der Waals surface area contributed by atoms with Crippen LogP contribution in [-0.4, -0.2) is 21.5 Å². The van der Waals surface area contributed by atoms with Crippen molar-refractivity contribution in [1.29, 1.82) is 0 Å². The van der Waals surface area contributed by atoms with Crippen molar-refractivity contribution in [3.05, 3.63) is 59.6 Å². The summed E-state index contributed by atoms with van der Waals surface area (Å²) in [6, 6.07) is 9.05. The third-order valence-electron chi connectivity index (χ3n) is 2.90. The highest BCUT2D eigenvalue weighted by Crippen LogP contribution is 2.27. The van der Waals surface area contributed by atoms with E-state index in [0.717, 1.165) is 0 Å². The van der Waals surface area contributed by atoms with Crippen LogP contribution in [0, 0.1) is 5.82 Å². The predicted molar refractivity (Wildman–Crippen MR) is 81.0 cm³/mol. The summed E-state index contributed by atoms with van der Waals surface area (Å²) in [4.78, 5) is 13.6. The van der Waals surface area contributed by atoms with Crippen molar-refractivity contribution in [2.45, 2.75) is 5.25 Å². The van der Waals surface area contributed by atoms with Gasteiger partial charge in [-0.2, -0.15) is 12.6 Å². The second-order valence-electron chi connectivity index (χ2n) is 4.45. The van der Waals surface area contributed by atoms with Gasteiger partial charge in [0.05, 0.1) is 0 Å². The number of hydrogen-bond acceptors (Lipinski definition) is 6. The van der Waals surface area contributed by atoms with Crippen molar-refractivity contribution in [1.82, 2.24) is 15.2 Å². The number of carbonyl (C=O) groups is 1. The minimum Gasteiger partial charge on any atom is -0.457 e. The second-order valence-corrected chi connectivity index (χ2v) is 4.97. The SMILES string of the molecule is O=Cc1ccc(C(S)c2nnc(Nc3ccc(F)cc3)[nH]2)o1. The molecule has 0 amide bonds. The number of anilines is 2. The van der Waals surface area contributed by atoms with Crippen LogP contribution in [0.4, 0.5) is 16.0 Å². The molecule has 2 N–H and O–H groups in total. The van der Waals surface area contributed by atoms with Crippen molar-refractivity contribution < 1.29 is 13.6 Å².